The summed E-state index contributed by atoms with van der Waals surface area (Å²) in [4.78, 5) is 118. The molecule has 0 aromatic rings. The zero-order valence-electron chi connectivity index (χ0n) is 31.5. The molecule has 304 valence electrons. The summed E-state index contributed by atoms with van der Waals surface area (Å²) >= 11 is 0. The molecular formula is C34H57N9O11. The Labute approximate surface area is 314 Å². The molecule has 0 unspecified atom stereocenters. The van der Waals surface area contributed by atoms with Gasteiger partial charge in [-0.2, -0.15) is 0 Å². The maximum atomic E-state index is 13.7. The molecule has 8 amide bonds. The van der Waals surface area contributed by atoms with Crippen LogP contribution in [0.2, 0.25) is 0 Å². The van der Waals surface area contributed by atoms with Crippen LogP contribution in [-0.2, 0) is 43.2 Å². The minimum atomic E-state index is -1.67. The number of aldehydes is 1. The van der Waals surface area contributed by atoms with Gasteiger partial charge in [0.25, 0.3) is 0 Å². The predicted octanol–water partition coefficient (Wildman–Crippen LogP) is -4.50. The molecule has 2 heterocycles. The van der Waals surface area contributed by atoms with Crippen LogP contribution in [0.1, 0.15) is 73.1 Å². The monoisotopic (exact) mass is 767 g/mol. The summed E-state index contributed by atoms with van der Waals surface area (Å²) in [6, 6.07) is -8.39. The van der Waals surface area contributed by atoms with Crippen LogP contribution in [0.15, 0.2) is 0 Å². The summed E-state index contributed by atoms with van der Waals surface area (Å²) < 4.78 is 0. The third-order valence-electron chi connectivity index (χ3n) is 9.18. The van der Waals surface area contributed by atoms with Crippen LogP contribution in [0.4, 0.5) is 0 Å². The molecule has 8 atom stereocenters. The second-order valence-corrected chi connectivity index (χ2v) is 14.5. The molecule has 2 aliphatic heterocycles. The molecule has 0 bridgehead atoms. The maximum absolute atomic E-state index is 13.7. The Balaban J connectivity index is 2.15. The summed E-state index contributed by atoms with van der Waals surface area (Å²) in [5, 5.41) is 31.2. The Morgan fingerprint density at radius 1 is 0.815 bits per heavy atom. The van der Waals surface area contributed by atoms with Crippen LogP contribution in [0, 0.1) is 11.8 Å². The van der Waals surface area contributed by atoms with E-state index in [0.29, 0.717) is 38.5 Å². The first-order valence-electron chi connectivity index (χ1n) is 18.2. The lowest BCUT2D eigenvalue weighted by Gasteiger charge is -2.33. The Kier molecular flexibility index (Phi) is 17.9. The number of rotatable bonds is 20. The zero-order valence-corrected chi connectivity index (χ0v) is 31.5. The number of nitrogens with two attached hydrogens (primary N) is 2. The average molecular weight is 768 g/mol. The SMILES string of the molecule is CC(C)C[C@H](N)C(=O)N1CCC[C@H]1C(=O)N1CCC[C@H]1C(=O)N[C@H](C(=O)N[C@@H](CC(N)=O)C(=O)N[C@H](C(=O)NCC(=O)N[C@H](C=O)CO)C(C)C)[C@@H](C)O. The summed E-state index contributed by atoms with van der Waals surface area (Å²) in [5.41, 5.74) is 11.5. The normalized spacial score (nSPS) is 20.3. The third-order valence-corrected chi connectivity index (χ3v) is 9.18. The molecule has 0 saturated carbocycles. The largest absolute Gasteiger partial charge is 0.394 e. The predicted molar refractivity (Wildman–Crippen MR) is 191 cm³/mol. The lowest BCUT2D eigenvalue weighted by Crippen LogP contribution is -2.61. The maximum Gasteiger partial charge on any atom is 0.246 e. The standard InChI is InChI=1S/C34H57N9O11/c1-17(2)12-21(35)33(53)43-11-7-9-24(43)34(54)42-10-6-8-23(42)30(50)41-28(19(5)46)32(52)39-22(13-25(36)47)29(49)40-27(18(3)4)31(51)37-14-26(48)38-20(15-44)16-45/h15,17-24,27-28,45-46H,6-14,16,35H2,1-5H3,(H2,36,47)(H,37,51)(H,38,48)(H,39,52)(H,40,49)(H,41,50)/t19-,20-,21+,22+,23+,24+,27+,28+/m1/s1. The summed E-state index contributed by atoms with van der Waals surface area (Å²) in [6.07, 6.45) is 0.179. The fraction of sp³-hybridized carbons (Fsp3) is 0.735. The molecule has 0 aliphatic carbocycles. The van der Waals surface area contributed by atoms with Gasteiger partial charge in [0.15, 0.2) is 0 Å². The number of aliphatic hydroxyl groups excluding tert-OH is 2. The van der Waals surface area contributed by atoms with Crippen LogP contribution in [0.25, 0.3) is 0 Å². The summed E-state index contributed by atoms with van der Waals surface area (Å²) in [6.45, 7) is 7.53. The van der Waals surface area contributed by atoms with Gasteiger partial charge in [-0.15, -0.1) is 0 Å². The smallest absolute Gasteiger partial charge is 0.246 e. The van der Waals surface area contributed by atoms with E-state index in [1.54, 1.807) is 13.8 Å². The van der Waals surface area contributed by atoms with E-state index in [9.17, 15) is 48.3 Å². The van der Waals surface area contributed by atoms with E-state index in [0.717, 1.165) is 0 Å². The van der Waals surface area contributed by atoms with Crippen molar-refractivity contribution < 1.29 is 53.4 Å². The first-order chi connectivity index (χ1) is 25.3. The molecule has 20 nitrogen and oxygen atoms in total. The van der Waals surface area contributed by atoms with E-state index in [4.69, 9.17) is 16.6 Å². The van der Waals surface area contributed by atoms with Crippen molar-refractivity contribution in [1.29, 1.82) is 0 Å². The van der Waals surface area contributed by atoms with Gasteiger partial charge in [-0.05, 0) is 50.9 Å². The number of likely N-dealkylation sites (tertiary alicyclic amines) is 2. The highest BCUT2D eigenvalue weighted by Gasteiger charge is 2.44. The average Bonchev–Trinajstić information content (AvgIpc) is 3.80. The minimum Gasteiger partial charge on any atom is -0.394 e. The van der Waals surface area contributed by atoms with Crippen molar-refractivity contribution in [2.45, 2.75) is 122 Å². The molecule has 2 aliphatic rings. The second-order valence-electron chi connectivity index (χ2n) is 14.5. The van der Waals surface area contributed by atoms with E-state index >= 15 is 0 Å². The van der Waals surface area contributed by atoms with E-state index in [-0.39, 0.29) is 24.8 Å². The van der Waals surface area contributed by atoms with Gasteiger partial charge in [0.05, 0.1) is 31.7 Å². The Morgan fingerprint density at radius 2 is 1.43 bits per heavy atom. The first kappa shape index (κ1) is 45.5. The number of nitrogens with zero attached hydrogens (tertiary/aromatic N) is 2. The van der Waals surface area contributed by atoms with Crippen molar-refractivity contribution in [2.24, 2.45) is 23.3 Å². The van der Waals surface area contributed by atoms with Crippen LogP contribution in [0.5, 0.6) is 0 Å². The Morgan fingerprint density at radius 3 is 1.96 bits per heavy atom. The fourth-order valence-corrected chi connectivity index (χ4v) is 6.38. The highest BCUT2D eigenvalue weighted by atomic mass is 16.3. The molecule has 2 rings (SSSR count). The van der Waals surface area contributed by atoms with Crippen molar-refractivity contribution >= 4 is 53.5 Å². The van der Waals surface area contributed by atoms with Crippen LogP contribution in [0.3, 0.4) is 0 Å². The van der Waals surface area contributed by atoms with Crippen molar-refractivity contribution in [2.75, 3.05) is 26.2 Å². The molecule has 0 spiro atoms. The van der Waals surface area contributed by atoms with Crippen LogP contribution >= 0.6 is 0 Å². The van der Waals surface area contributed by atoms with E-state index in [1.165, 1.54) is 16.7 Å². The number of carbonyl (C=O) groups is 9. The molecule has 0 radical (unpaired) electrons. The number of primary amides is 1. The van der Waals surface area contributed by atoms with Gasteiger partial charge in [-0.3, -0.25) is 38.4 Å². The number of carbonyl (C=O) groups excluding carboxylic acids is 9. The van der Waals surface area contributed by atoms with Crippen molar-refractivity contribution in [3.63, 3.8) is 0 Å². The zero-order chi connectivity index (χ0) is 40.9. The van der Waals surface area contributed by atoms with Crippen molar-refractivity contribution in [3.8, 4) is 0 Å². The van der Waals surface area contributed by atoms with Gasteiger partial charge < -0.3 is 62.9 Å². The molecule has 20 heteroatoms. The molecule has 2 fully saturated rings. The van der Waals surface area contributed by atoms with Crippen molar-refractivity contribution in [3.05, 3.63) is 0 Å². The number of hydrogen-bond acceptors (Lipinski definition) is 12. The molecule has 54 heavy (non-hydrogen) atoms. The van der Waals surface area contributed by atoms with Gasteiger partial charge in [-0.25, -0.2) is 0 Å². The number of aliphatic hydroxyl groups is 2. The molecule has 11 N–H and O–H groups in total. The second kappa shape index (κ2) is 21.3. The molecule has 0 aromatic carbocycles. The highest BCUT2D eigenvalue weighted by molar-refractivity contribution is 5.98. The van der Waals surface area contributed by atoms with E-state index < -0.39 is 115 Å². The van der Waals surface area contributed by atoms with Crippen LogP contribution in [-0.4, -0.2) is 148 Å². The molecular weight excluding hydrogens is 710 g/mol. The summed E-state index contributed by atoms with van der Waals surface area (Å²) in [5.74, 6) is -6.64. The minimum absolute atomic E-state index is 0.167. The number of nitrogens with one attached hydrogen (secondary N) is 5. The number of amides is 8. The quantitative estimate of drug-likeness (QED) is 0.0530. The third kappa shape index (κ3) is 13.0. The highest BCUT2D eigenvalue weighted by Crippen LogP contribution is 2.26. The lowest BCUT2D eigenvalue weighted by atomic mass is 10.0. The lowest BCUT2D eigenvalue weighted by molar-refractivity contribution is -0.147. The molecule has 0 aromatic heterocycles. The van der Waals surface area contributed by atoms with Gasteiger partial charge in [0.2, 0.25) is 47.3 Å². The molecule has 2 saturated heterocycles. The van der Waals surface area contributed by atoms with Gasteiger partial charge in [0.1, 0.15) is 42.5 Å². The summed E-state index contributed by atoms with van der Waals surface area (Å²) in [7, 11) is 0. The van der Waals surface area contributed by atoms with Crippen molar-refractivity contribution in [1.82, 2.24) is 36.4 Å². The van der Waals surface area contributed by atoms with E-state index in [1.807, 2.05) is 13.8 Å². The van der Waals surface area contributed by atoms with Crippen LogP contribution < -0.4 is 38.1 Å². The topological polar surface area (TPSA) is 313 Å². The van der Waals surface area contributed by atoms with Gasteiger partial charge >= 0.3 is 0 Å². The van der Waals surface area contributed by atoms with E-state index in [2.05, 4.69) is 26.6 Å². The first-order valence-corrected chi connectivity index (χ1v) is 18.2. The van der Waals surface area contributed by atoms with Gasteiger partial charge in [-0.1, -0.05) is 27.7 Å². The number of hydrogen-bond donors (Lipinski definition) is 9. The van der Waals surface area contributed by atoms with Gasteiger partial charge in [0, 0.05) is 13.1 Å². The Hall–Kier alpha value is -4.69. The fourth-order valence-electron chi connectivity index (χ4n) is 6.38. The Bertz CT molecular complexity index is 1390.